The van der Waals surface area contributed by atoms with Crippen LogP contribution in [0.1, 0.15) is 32.3 Å². The molecule has 0 aliphatic carbocycles. The van der Waals surface area contributed by atoms with Gasteiger partial charge in [0.2, 0.25) is 10.0 Å². The van der Waals surface area contributed by atoms with E-state index in [-0.39, 0.29) is 4.90 Å². The van der Waals surface area contributed by atoms with Gasteiger partial charge in [-0.25, -0.2) is 12.7 Å². The van der Waals surface area contributed by atoms with Gasteiger partial charge in [0.25, 0.3) is 0 Å². The van der Waals surface area contributed by atoms with E-state index in [4.69, 9.17) is 10.5 Å². The van der Waals surface area contributed by atoms with Crippen molar-refractivity contribution in [3.8, 4) is 5.75 Å². The second-order valence-corrected chi connectivity index (χ2v) is 7.77. The van der Waals surface area contributed by atoms with E-state index in [9.17, 15) is 8.42 Å². The van der Waals surface area contributed by atoms with Crippen LogP contribution in [0.25, 0.3) is 0 Å². The van der Waals surface area contributed by atoms with Crippen molar-refractivity contribution in [3.05, 3.63) is 17.7 Å². The molecular weight excluding hydrogens is 288 g/mol. The maximum absolute atomic E-state index is 12.8. The number of ether oxygens (including phenoxy) is 1. The fourth-order valence-electron chi connectivity index (χ4n) is 2.50. The van der Waals surface area contributed by atoms with Crippen LogP contribution in [0.15, 0.2) is 17.0 Å². The van der Waals surface area contributed by atoms with E-state index >= 15 is 0 Å². The molecule has 1 aromatic carbocycles. The molecule has 0 fully saturated rings. The molecule has 5 nitrogen and oxygen atoms in total. The lowest BCUT2D eigenvalue weighted by Gasteiger charge is -2.25. The van der Waals surface area contributed by atoms with Crippen molar-refractivity contribution in [2.75, 3.05) is 25.9 Å². The maximum Gasteiger partial charge on any atom is 0.246 e. The van der Waals surface area contributed by atoms with Gasteiger partial charge in [0.05, 0.1) is 6.61 Å². The third-order valence-electron chi connectivity index (χ3n) is 3.94. The largest absolute Gasteiger partial charge is 0.492 e. The average molecular weight is 312 g/mol. The Morgan fingerprint density at radius 2 is 2.14 bits per heavy atom. The minimum absolute atomic E-state index is 0.197. The number of fused-ring (bicyclic) bond motifs is 1. The smallest absolute Gasteiger partial charge is 0.246 e. The lowest BCUT2D eigenvalue weighted by Crippen LogP contribution is -2.31. The third kappa shape index (κ3) is 3.32. The second kappa shape index (κ2) is 6.23. The molecule has 0 aromatic heterocycles. The summed E-state index contributed by atoms with van der Waals surface area (Å²) in [6, 6.07) is 3.31. The first-order valence-electron chi connectivity index (χ1n) is 7.37. The Morgan fingerprint density at radius 1 is 1.43 bits per heavy atom. The number of anilines is 1. The standard InChI is InChI=1S/C15H24N2O3S/c1-4-11(2)10-17(3)21(18,19)14-9-13(16)8-12-6-5-7-20-15(12)14/h8-9,11H,4-7,10,16H2,1-3H3. The van der Waals surface area contributed by atoms with Gasteiger partial charge in [0, 0.05) is 19.3 Å². The summed E-state index contributed by atoms with van der Waals surface area (Å²) in [5.41, 5.74) is 7.22. The van der Waals surface area contributed by atoms with Crippen LogP contribution in [0.5, 0.6) is 5.75 Å². The summed E-state index contributed by atoms with van der Waals surface area (Å²) >= 11 is 0. The van der Waals surface area contributed by atoms with E-state index < -0.39 is 10.0 Å². The zero-order valence-electron chi connectivity index (χ0n) is 12.9. The van der Waals surface area contributed by atoms with Gasteiger partial charge in [-0.3, -0.25) is 0 Å². The van der Waals surface area contributed by atoms with Gasteiger partial charge in [0.15, 0.2) is 0 Å². The fourth-order valence-corrected chi connectivity index (χ4v) is 3.99. The molecule has 2 rings (SSSR count). The molecule has 1 aliphatic rings. The van der Waals surface area contributed by atoms with E-state index in [0.29, 0.717) is 30.5 Å². The van der Waals surface area contributed by atoms with Crippen LogP contribution in [0.4, 0.5) is 5.69 Å². The van der Waals surface area contributed by atoms with Crippen LogP contribution in [0.3, 0.4) is 0 Å². The van der Waals surface area contributed by atoms with Gasteiger partial charge in [-0.05, 0) is 36.5 Å². The molecule has 1 aromatic rings. The molecule has 6 heteroatoms. The summed E-state index contributed by atoms with van der Waals surface area (Å²) in [5.74, 6) is 0.786. The molecule has 0 radical (unpaired) electrons. The first-order valence-corrected chi connectivity index (χ1v) is 8.81. The monoisotopic (exact) mass is 312 g/mol. The number of nitrogens with zero attached hydrogens (tertiary/aromatic N) is 1. The first-order chi connectivity index (χ1) is 9.86. The minimum atomic E-state index is -3.58. The molecule has 1 unspecified atom stereocenters. The van der Waals surface area contributed by atoms with Crippen molar-refractivity contribution >= 4 is 15.7 Å². The van der Waals surface area contributed by atoms with E-state index in [1.807, 2.05) is 13.0 Å². The van der Waals surface area contributed by atoms with E-state index in [1.165, 1.54) is 10.4 Å². The topological polar surface area (TPSA) is 72.6 Å². The van der Waals surface area contributed by atoms with Crippen molar-refractivity contribution < 1.29 is 13.2 Å². The van der Waals surface area contributed by atoms with Crippen LogP contribution in [0.2, 0.25) is 0 Å². The summed E-state index contributed by atoms with van der Waals surface area (Å²) in [4.78, 5) is 0.197. The van der Waals surface area contributed by atoms with Gasteiger partial charge in [-0.15, -0.1) is 0 Å². The van der Waals surface area contributed by atoms with Crippen LogP contribution in [-0.2, 0) is 16.4 Å². The summed E-state index contributed by atoms with van der Waals surface area (Å²) in [7, 11) is -1.97. The first kappa shape index (κ1) is 16.1. The summed E-state index contributed by atoms with van der Waals surface area (Å²) in [5, 5.41) is 0. The minimum Gasteiger partial charge on any atom is -0.492 e. The lowest BCUT2D eigenvalue weighted by molar-refractivity contribution is 0.279. The van der Waals surface area contributed by atoms with Crippen molar-refractivity contribution in [3.63, 3.8) is 0 Å². The molecule has 1 heterocycles. The number of nitrogens with two attached hydrogens (primary N) is 1. The van der Waals surface area contributed by atoms with E-state index in [0.717, 1.165) is 24.8 Å². The Balaban J connectivity index is 2.42. The van der Waals surface area contributed by atoms with Gasteiger partial charge in [-0.2, -0.15) is 0 Å². The second-order valence-electron chi connectivity index (χ2n) is 5.76. The zero-order valence-corrected chi connectivity index (χ0v) is 13.7. The van der Waals surface area contributed by atoms with Gasteiger partial charge < -0.3 is 10.5 Å². The van der Waals surface area contributed by atoms with Gasteiger partial charge in [-0.1, -0.05) is 20.3 Å². The molecule has 0 saturated carbocycles. The number of benzene rings is 1. The quantitative estimate of drug-likeness (QED) is 0.847. The molecule has 0 amide bonds. The molecular formula is C15H24N2O3S. The van der Waals surface area contributed by atoms with Crippen LogP contribution < -0.4 is 10.5 Å². The number of hydrogen-bond donors (Lipinski definition) is 1. The molecule has 0 bridgehead atoms. The highest BCUT2D eigenvalue weighted by molar-refractivity contribution is 7.89. The Kier molecular flexibility index (Phi) is 4.78. The molecule has 118 valence electrons. The number of hydrogen-bond acceptors (Lipinski definition) is 4. The maximum atomic E-state index is 12.8. The third-order valence-corrected chi connectivity index (χ3v) is 5.77. The summed E-state index contributed by atoms with van der Waals surface area (Å²) in [6.07, 6.45) is 2.63. The number of aryl methyl sites for hydroxylation is 1. The van der Waals surface area contributed by atoms with Crippen molar-refractivity contribution in [1.29, 1.82) is 0 Å². The molecule has 0 spiro atoms. The Bertz CT molecular complexity index is 614. The Morgan fingerprint density at radius 3 is 2.81 bits per heavy atom. The average Bonchev–Trinajstić information content (AvgIpc) is 2.45. The van der Waals surface area contributed by atoms with Crippen molar-refractivity contribution in [2.24, 2.45) is 5.92 Å². The van der Waals surface area contributed by atoms with Crippen LogP contribution in [-0.4, -0.2) is 32.9 Å². The molecule has 1 aliphatic heterocycles. The van der Waals surface area contributed by atoms with Crippen LogP contribution in [0, 0.1) is 5.92 Å². The van der Waals surface area contributed by atoms with Crippen LogP contribution >= 0.6 is 0 Å². The fraction of sp³-hybridized carbons (Fsp3) is 0.600. The molecule has 2 N–H and O–H groups in total. The molecule has 0 saturated heterocycles. The Hall–Kier alpha value is -1.27. The lowest BCUT2D eigenvalue weighted by atomic mass is 10.1. The van der Waals surface area contributed by atoms with E-state index in [2.05, 4.69) is 6.92 Å². The van der Waals surface area contributed by atoms with Crippen molar-refractivity contribution in [2.45, 2.75) is 38.0 Å². The van der Waals surface area contributed by atoms with Gasteiger partial charge >= 0.3 is 0 Å². The number of nitrogen functional groups attached to an aromatic ring is 1. The molecule has 1 atom stereocenters. The van der Waals surface area contributed by atoms with Crippen molar-refractivity contribution in [1.82, 2.24) is 4.31 Å². The number of rotatable bonds is 5. The highest BCUT2D eigenvalue weighted by Crippen LogP contribution is 2.35. The normalized spacial score (nSPS) is 16.4. The van der Waals surface area contributed by atoms with E-state index in [1.54, 1.807) is 7.05 Å². The summed E-state index contributed by atoms with van der Waals surface area (Å²) in [6.45, 7) is 5.13. The highest BCUT2D eigenvalue weighted by Gasteiger charge is 2.29. The summed E-state index contributed by atoms with van der Waals surface area (Å²) < 4.78 is 32.6. The molecule has 21 heavy (non-hydrogen) atoms. The predicted octanol–water partition coefficient (Wildman–Crippen LogP) is 2.26. The van der Waals surface area contributed by atoms with Gasteiger partial charge in [0.1, 0.15) is 10.6 Å². The zero-order chi connectivity index (χ0) is 15.6. The highest BCUT2D eigenvalue weighted by atomic mass is 32.2. The Labute approximate surface area is 127 Å². The predicted molar refractivity (Wildman–Crippen MR) is 83.9 cm³/mol. The SMILES string of the molecule is CCC(C)CN(C)S(=O)(=O)c1cc(N)cc2c1OCCC2. The number of sulfonamides is 1.